The average molecular weight is 333 g/mol. The third-order valence-corrected chi connectivity index (χ3v) is 3.87. The molecule has 0 aromatic carbocycles. The number of likely N-dealkylation sites (tertiary alicyclic amines) is 1. The average Bonchev–Trinajstić information content (AvgIpc) is 2.58. The molecule has 1 saturated heterocycles. The van der Waals surface area contributed by atoms with Gasteiger partial charge in [0.25, 0.3) is 0 Å². The number of aromatic nitrogens is 3. The van der Waals surface area contributed by atoms with Crippen molar-refractivity contribution in [1.82, 2.24) is 19.9 Å². The van der Waals surface area contributed by atoms with Crippen LogP contribution in [0.4, 0.5) is 0 Å². The van der Waals surface area contributed by atoms with Crippen molar-refractivity contribution in [3.63, 3.8) is 0 Å². The van der Waals surface area contributed by atoms with Gasteiger partial charge in [0, 0.05) is 18.9 Å². The second-order valence-electron chi connectivity index (χ2n) is 5.44. The van der Waals surface area contributed by atoms with Gasteiger partial charge in [-0.15, -0.1) is 0 Å². The molecule has 7 heteroatoms. The van der Waals surface area contributed by atoms with Crippen LogP contribution in [0.15, 0.2) is 36.9 Å². The summed E-state index contributed by atoms with van der Waals surface area (Å²) in [4.78, 5) is 26.3. The van der Waals surface area contributed by atoms with Crippen molar-refractivity contribution in [2.45, 2.75) is 25.4 Å². The van der Waals surface area contributed by atoms with Crippen LogP contribution in [0.25, 0.3) is 0 Å². The van der Waals surface area contributed by atoms with Crippen molar-refractivity contribution in [2.24, 2.45) is 0 Å². The Kier molecular flexibility index (Phi) is 5.02. The monoisotopic (exact) mass is 332 g/mol. The maximum atomic E-state index is 12.4. The molecule has 0 radical (unpaired) electrons. The lowest BCUT2D eigenvalue weighted by molar-refractivity contribution is -0.133. The highest BCUT2D eigenvalue weighted by Gasteiger charge is 2.25. The Balaban J connectivity index is 1.57. The molecule has 0 bridgehead atoms. The smallest absolute Gasteiger partial charge is 0.316 e. The Morgan fingerprint density at radius 1 is 1.35 bits per heavy atom. The van der Waals surface area contributed by atoms with Gasteiger partial charge in [0.15, 0.2) is 0 Å². The molecular formula is C16H17ClN4O2. The molecule has 1 amide bonds. The summed E-state index contributed by atoms with van der Waals surface area (Å²) in [5, 5.41) is 0.467. The minimum absolute atomic E-state index is 0.0864. The number of hydrogen-bond acceptors (Lipinski definition) is 5. The van der Waals surface area contributed by atoms with Crippen LogP contribution in [0.3, 0.4) is 0 Å². The summed E-state index contributed by atoms with van der Waals surface area (Å²) >= 11 is 5.76. The Bertz CT molecular complexity index is 651. The number of carbonyl (C=O) groups excluding carboxylic acids is 1. The Hall–Kier alpha value is -2.21. The van der Waals surface area contributed by atoms with E-state index < -0.39 is 0 Å². The van der Waals surface area contributed by atoms with E-state index in [2.05, 4.69) is 15.0 Å². The Morgan fingerprint density at radius 2 is 2.17 bits per heavy atom. The second kappa shape index (κ2) is 7.37. The number of ether oxygens (including phenoxy) is 1. The highest BCUT2D eigenvalue weighted by molar-refractivity contribution is 6.30. The first-order valence-corrected chi connectivity index (χ1v) is 7.89. The summed E-state index contributed by atoms with van der Waals surface area (Å²) in [5.41, 5.74) is 0.918. The third kappa shape index (κ3) is 4.39. The first-order valence-electron chi connectivity index (χ1n) is 7.51. The molecule has 1 aliphatic rings. The standard InChI is InChI=1S/C16H17ClN4O2/c17-13-9-19-16(20-10-13)23-14-4-2-6-21(11-14)15(22)7-12-3-1-5-18-8-12/h1,3,5,8-10,14H,2,4,6-7,11H2. The summed E-state index contributed by atoms with van der Waals surface area (Å²) in [6, 6.07) is 4.04. The van der Waals surface area contributed by atoms with Crippen LogP contribution in [0.1, 0.15) is 18.4 Å². The summed E-state index contributed by atoms with van der Waals surface area (Å²) in [6.45, 7) is 1.30. The lowest BCUT2D eigenvalue weighted by Gasteiger charge is -2.32. The minimum atomic E-state index is -0.0947. The molecule has 2 aromatic rings. The molecule has 3 heterocycles. The van der Waals surface area contributed by atoms with Crippen molar-refractivity contribution in [1.29, 1.82) is 0 Å². The molecule has 120 valence electrons. The van der Waals surface area contributed by atoms with Crippen molar-refractivity contribution in [2.75, 3.05) is 13.1 Å². The summed E-state index contributed by atoms with van der Waals surface area (Å²) in [7, 11) is 0. The molecule has 0 N–H and O–H groups in total. The minimum Gasteiger partial charge on any atom is -0.458 e. The second-order valence-corrected chi connectivity index (χ2v) is 5.88. The molecular weight excluding hydrogens is 316 g/mol. The zero-order valence-corrected chi connectivity index (χ0v) is 13.3. The molecule has 23 heavy (non-hydrogen) atoms. The Morgan fingerprint density at radius 3 is 2.91 bits per heavy atom. The van der Waals surface area contributed by atoms with Gasteiger partial charge >= 0.3 is 6.01 Å². The van der Waals surface area contributed by atoms with E-state index >= 15 is 0 Å². The van der Waals surface area contributed by atoms with E-state index in [1.165, 1.54) is 12.4 Å². The van der Waals surface area contributed by atoms with Gasteiger partial charge in [0.2, 0.25) is 5.91 Å². The van der Waals surface area contributed by atoms with E-state index in [9.17, 15) is 4.79 Å². The molecule has 0 spiro atoms. The van der Waals surface area contributed by atoms with Gasteiger partial charge in [0.1, 0.15) is 6.10 Å². The largest absolute Gasteiger partial charge is 0.458 e. The van der Waals surface area contributed by atoms with Crippen molar-refractivity contribution >= 4 is 17.5 Å². The van der Waals surface area contributed by atoms with Crippen LogP contribution < -0.4 is 4.74 Å². The van der Waals surface area contributed by atoms with Crippen molar-refractivity contribution in [3.05, 3.63) is 47.5 Å². The van der Waals surface area contributed by atoms with Gasteiger partial charge < -0.3 is 9.64 Å². The molecule has 0 saturated carbocycles. The lowest BCUT2D eigenvalue weighted by Crippen LogP contribution is -2.45. The quantitative estimate of drug-likeness (QED) is 0.858. The SMILES string of the molecule is O=C(Cc1cccnc1)N1CCCC(Oc2ncc(Cl)cn2)C1. The maximum Gasteiger partial charge on any atom is 0.316 e. The van der Waals surface area contributed by atoms with Gasteiger partial charge in [0.05, 0.1) is 30.4 Å². The van der Waals surface area contributed by atoms with E-state index in [-0.39, 0.29) is 12.0 Å². The first-order chi connectivity index (χ1) is 11.2. The number of carbonyl (C=O) groups is 1. The van der Waals surface area contributed by atoms with E-state index in [1.54, 1.807) is 12.4 Å². The third-order valence-electron chi connectivity index (χ3n) is 3.68. The maximum absolute atomic E-state index is 12.4. The topological polar surface area (TPSA) is 68.2 Å². The summed E-state index contributed by atoms with van der Waals surface area (Å²) in [5.74, 6) is 0.0864. The number of pyridine rings is 1. The molecule has 3 rings (SSSR count). The number of nitrogens with zero attached hydrogens (tertiary/aromatic N) is 4. The number of amides is 1. The van der Waals surface area contributed by atoms with Crippen LogP contribution in [0.2, 0.25) is 5.02 Å². The van der Waals surface area contributed by atoms with Gasteiger partial charge in [-0.1, -0.05) is 17.7 Å². The fourth-order valence-corrected chi connectivity index (χ4v) is 2.66. The number of hydrogen-bond donors (Lipinski definition) is 0. The van der Waals surface area contributed by atoms with Gasteiger partial charge in [-0.05, 0) is 24.5 Å². The zero-order chi connectivity index (χ0) is 16.1. The molecule has 6 nitrogen and oxygen atoms in total. The van der Waals surface area contributed by atoms with E-state index in [0.29, 0.717) is 24.0 Å². The molecule has 1 fully saturated rings. The number of piperidine rings is 1. The van der Waals surface area contributed by atoms with Gasteiger partial charge in [-0.3, -0.25) is 9.78 Å². The highest BCUT2D eigenvalue weighted by Crippen LogP contribution is 2.17. The summed E-state index contributed by atoms with van der Waals surface area (Å²) < 4.78 is 5.75. The summed E-state index contributed by atoms with van der Waals surface area (Å²) in [6.07, 6.45) is 8.46. The predicted molar refractivity (Wildman–Crippen MR) is 85.2 cm³/mol. The van der Waals surface area contributed by atoms with Crippen molar-refractivity contribution in [3.8, 4) is 6.01 Å². The fraction of sp³-hybridized carbons (Fsp3) is 0.375. The van der Waals surface area contributed by atoms with Crippen LogP contribution in [-0.2, 0) is 11.2 Å². The van der Waals surface area contributed by atoms with Crippen LogP contribution in [-0.4, -0.2) is 45.0 Å². The van der Waals surface area contributed by atoms with Crippen LogP contribution >= 0.6 is 11.6 Å². The van der Waals surface area contributed by atoms with E-state index in [4.69, 9.17) is 16.3 Å². The van der Waals surface area contributed by atoms with Gasteiger partial charge in [-0.2, -0.15) is 0 Å². The highest BCUT2D eigenvalue weighted by atomic mass is 35.5. The molecule has 0 aliphatic carbocycles. The molecule has 1 atom stereocenters. The lowest BCUT2D eigenvalue weighted by atomic mass is 10.1. The van der Waals surface area contributed by atoms with E-state index in [1.807, 2.05) is 17.0 Å². The number of rotatable bonds is 4. The molecule has 1 unspecified atom stereocenters. The van der Waals surface area contributed by atoms with Crippen LogP contribution in [0.5, 0.6) is 6.01 Å². The van der Waals surface area contributed by atoms with Crippen molar-refractivity contribution < 1.29 is 9.53 Å². The normalized spacial score (nSPS) is 17.8. The molecule has 2 aromatic heterocycles. The first kappa shape index (κ1) is 15.7. The molecule has 1 aliphatic heterocycles. The van der Waals surface area contributed by atoms with Crippen LogP contribution in [0, 0.1) is 0 Å². The zero-order valence-electron chi connectivity index (χ0n) is 12.6. The Labute approximate surface area is 139 Å². The van der Waals surface area contributed by atoms with Gasteiger partial charge in [-0.25, -0.2) is 9.97 Å². The fourth-order valence-electron chi connectivity index (χ4n) is 2.56. The van der Waals surface area contributed by atoms with E-state index in [0.717, 1.165) is 24.9 Å². The number of halogens is 1. The predicted octanol–water partition coefficient (Wildman–Crippen LogP) is 2.14.